The molecule has 2 aromatic rings. The molecule has 0 bridgehead atoms. The minimum Gasteiger partial charge on any atom is -0.481 e. The Morgan fingerprint density at radius 2 is 2.15 bits per heavy atom. The van der Waals surface area contributed by atoms with E-state index >= 15 is 0 Å². The number of rotatable bonds is 5. The molecule has 2 heterocycles. The second-order valence-electron chi connectivity index (χ2n) is 4.21. The lowest BCUT2D eigenvalue weighted by molar-refractivity contribution is -0.136. The number of aromatic nitrogens is 2. The summed E-state index contributed by atoms with van der Waals surface area (Å²) in [4.78, 5) is 11.1. The van der Waals surface area contributed by atoms with E-state index in [1.165, 1.54) is 12.1 Å². The number of aryl methyl sites for hydroxylation is 2. The summed E-state index contributed by atoms with van der Waals surface area (Å²) < 4.78 is 27.0. The van der Waals surface area contributed by atoms with Crippen molar-refractivity contribution < 1.29 is 18.3 Å². The quantitative estimate of drug-likeness (QED) is 0.774. The molecule has 0 aliphatic carbocycles. The van der Waals surface area contributed by atoms with Gasteiger partial charge in [-0.05, 0) is 26.0 Å². The van der Waals surface area contributed by atoms with Crippen LogP contribution >= 0.6 is 11.3 Å². The van der Waals surface area contributed by atoms with Gasteiger partial charge in [0.15, 0.2) is 0 Å². The highest BCUT2D eigenvalue weighted by Crippen LogP contribution is 2.26. The van der Waals surface area contributed by atoms with E-state index in [4.69, 9.17) is 5.11 Å². The Hall–Kier alpha value is -1.87. The summed E-state index contributed by atoms with van der Waals surface area (Å²) in [5, 5.41) is 15.3. The molecule has 108 valence electrons. The topological polar surface area (TPSA) is 112 Å². The van der Waals surface area contributed by atoms with E-state index in [1.807, 2.05) is 0 Å². The number of aromatic amines is 1. The van der Waals surface area contributed by atoms with Gasteiger partial charge < -0.3 is 5.11 Å². The van der Waals surface area contributed by atoms with E-state index in [9.17, 15) is 13.2 Å². The van der Waals surface area contributed by atoms with Crippen molar-refractivity contribution in [3.8, 4) is 0 Å². The number of hydrogen-bond donors (Lipinski definition) is 3. The number of aliphatic carboxylic acids is 1. The number of anilines is 1. The van der Waals surface area contributed by atoms with Gasteiger partial charge in [0.1, 0.15) is 4.21 Å². The lowest BCUT2D eigenvalue weighted by atomic mass is 10.3. The van der Waals surface area contributed by atoms with E-state index in [-0.39, 0.29) is 10.6 Å². The maximum absolute atomic E-state index is 12.2. The van der Waals surface area contributed by atoms with Crippen molar-refractivity contribution in [3.63, 3.8) is 0 Å². The van der Waals surface area contributed by atoms with E-state index in [0.29, 0.717) is 22.0 Å². The number of nitrogens with zero attached hydrogens (tertiary/aromatic N) is 1. The highest BCUT2D eigenvalue weighted by atomic mass is 32.2. The van der Waals surface area contributed by atoms with Crippen LogP contribution in [0.5, 0.6) is 0 Å². The molecule has 0 unspecified atom stereocenters. The SMILES string of the molecule is Cc1n[nH]c(C)c1NS(=O)(=O)c1ccc(CC(=O)O)s1. The van der Waals surface area contributed by atoms with E-state index in [0.717, 1.165) is 11.3 Å². The van der Waals surface area contributed by atoms with Gasteiger partial charge >= 0.3 is 5.97 Å². The number of sulfonamides is 1. The van der Waals surface area contributed by atoms with E-state index in [1.54, 1.807) is 13.8 Å². The summed E-state index contributed by atoms with van der Waals surface area (Å²) in [5.74, 6) is -0.995. The van der Waals surface area contributed by atoms with Crippen molar-refractivity contribution in [2.45, 2.75) is 24.5 Å². The zero-order valence-electron chi connectivity index (χ0n) is 10.8. The normalized spacial score (nSPS) is 11.5. The summed E-state index contributed by atoms with van der Waals surface area (Å²) in [5.41, 5.74) is 1.58. The van der Waals surface area contributed by atoms with Crippen LogP contribution in [0.1, 0.15) is 16.3 Å². The van der Waals surface area contributed by atoms with E-state index < -0.39 is 16.0 Å². The third-order valence-corrected chi connectivity index (χ3v) is 5.52. The van der Waals surface area contributed by atoms with Crippen LogP contribution < -0.4 is 4.72 Å². The largest absolute Gasteiger partial charge is 0.481 e. The van der Waals surface area contributed by atoms with Crippen molar-refractivity contribution in [1.82, 2.24) is 10.2 Å². The summed E-state index contributed by atoms with van der Waals surface area (Å²) in [6, 6.07) is 2.90. The van der Waals surface area contributed by atoms with Gasteiger partial charge in [-0.3, -0.25) is 14.6 Å². The van der Waals surface area contributed by atoms with Crippen LogP contribution in [0.15, 0.2) is 16.3 Å². The molecule has 0 aliphatic heterocycles. The van der Waals surface area contributed by atoms with Gasteiger partial charge in [-0.15, -0.1) is 11.3 Å². The Morgan fingerprint density at radius 1 is 1.45 bits per heavy atom. The number of carbonyl (C=O) groups is 1. The molecule has 0 radical (unpaired) electrons. The van der Waals surface area contributed by atoms with Crippen LogP contribution in [0.2, 0.25) is 0 Å². The smallest absolute Gasteiger partial charge is 0.308 e. The molecule has 0 spiro atoms. The van der Waals surface area contributed by atoms with Crippen LogP contribution in [0.25, 0.3) is 0 Å². The lowest BCUT2D eigenvalue weighted by Crippen LogP contribution is -2.12. The summed E-state index contributed by atoms with van der Waals surface area (Å²) in [6.45, 7) is 3.40. The minimum absolute atomic E-state index is 0.0775. The number of nitrogens with one attached hydrogen (secondary N) is 2. The molecular formula is C11H13N3O4S2. The fraction of sp³-hybridized carbons (Fsp3) is 0.273. The first-order valence-corrected chi connectivity index (χ1v) is 7.94. The van der Waals surface area contributed by atoms with Crippen LogP contribution in [0, 0.1) is 13.8 Å². The van der Waals surface area contributed by atoms with Crippen molar-refractivity contribution in [2.24, 2.45) is 0 Å². The number of carboxylic acid groups (broad SMARTS) is 1. The molecule has 0 fully saturated rings. The Labute approximate surface area is 119 Å². The van der Waals surface area contributed by atoms with Crippen molar-refractivity contribution in [2.75, 3.05) is 4.72 Å². The number of carboxylic acids is 1. The van der Waals surface area contributed by atoms with Crippen molar-refractivity contribution >= 4 is 33.0 Å². The Bertz CT molecular complexity index is 726. The third kappa shape index (κ3) is 2.99. The monoisotopic (exact) mass is 315 g/mol. The lowest BCUT2D eigenvalue weighted by Gasteiger charge is -2.05. The first kappa shape index (κ1) is 14.5. The average molecular weight is 315 g/mol. The zero-order valence-corrected chi connectivity index (χ0v) is 12.4. The molecule has 0 saturated heterocycles. The van der Waals surface area contributed by atoms with Crippen LogP contribution in [-0.4, -0.2) is 29.7 Å². The summed E-state index contributed by atoms with van der Waals surface area (Å²) in [7, 11) is -3.73. The summed E-state index contributed by atoms with van der Waals surface area (Å²) in [6.07, 6.45) is -0.191. The van der Waals surface area contributed by atoms with Crippen LogP contribution in [-0.2, 0) is 21.2 Å². The van der Waals surface area contributed by atoms with Gasteiger partial charge in [-0.25, -0.2) is 8.42 Å². The highest BCUT2D eigenvalue weighted by molar-refractivity contribution is 7.94. The van der Waals surface area contributed by atoms with Gasteiger partial charge in [0.05, 0.1) is 23.5 Å². The molecule has 0 aliphatic rings. The van der Waals surface area contributed by atoms with Gasteiger partial charge in [-0.1, -0.05) is 0 Å². The van der Waals surface area contributed by atoms with Gasteiger partial charge in [-0.2, -0.15) is 5.10 Å². The van der Waals surface area contributed by atoms with Crippen molar-refractivity contribution in [1.29, 1.82) is 0 Å². The fourth-order valence-corrected chi connectivity index (χ4v) is 4.16. The maximum atomic E-state index is 12.2. The Kier molecular flexibility index (Phi) is 3.82. The zero-order chi connectivity index (χ0) is 14.9. The number of hydrogen-bond acceptors (Lipinski definition) is 5. The van der Waals surface area contributed by atoms with Gasteiger partial charge in [0.2, 0.25) is 0 Å². The predicted molar refractivity (Wildman–Crippen MR) is 74.5 cm³/mol. The predicted octanol–water partition coefficient (Wildman–Crippen LogP) is 1.52. The Balaban J connectivity index is 2.27. The molecule has 0 aromatic carbocycles. The average Bonchev–Trinajstić information content (AvgIpc) is 2.91. The molecule has 0 amide bonds. The molecule has 9 heteroatoms. The first-order chi connectivity index (χ1) is 9.29. The molecule has 20 heavy (non-hydrogen) atoms. The van der Waals surface area contributed by atoms with Gasteiger partial charge in [0, 0.05) is 4.88 Å². The molecule has 7 nitrogen and oxygen atoms in total. The van der Waals surface area contributed by atoms with E-state index in [2.05, 4.69) is 14.9 Å². The highest BCUT2D eigenvalue weighted by Gasteiger charge is 2.20. The molecule has 2 rings (SSSR count). The number of H-pyrrole nitrogens is 1. The first-order valence-electron chi connectivity index (χ1n) is 5.64. The Morgan fingerprint density at radius 3 is 2.70 bits per heavy atom. The maximum Gasteiger partial charge on any atom is 0.308 e. The molecule has 0 atom stereocenters. The molecule has 3 N–H and O–H groups in total. The third-order valence-electron chi connectivity index (χ3n) is 2.59. The second kappa shape index (κ2) is 5.25. The van der Waals surface area contributed by atoms with Crippen molar-refractivity contribution in [3.05, 3.63) is 28.4 Å². The minimum atomic E-state index is -3.73. The van der Waals surface area contributed by atoms with Gasteiger partial charge in [0.25, 0.3) is 10.0 Å². The number of thiophene rings is 1. The molecular weight excluding hydrogens is 302 g/mol. The molecule has 2 aromatic heterocycles. The summed E-state index contributed by atoms with van der Waals surface area (Å²) >= 11 is 0.940. The standard InChI is InChI=1S/C11H13N3O4S2/c1-6-11(7(2)13-12-6)14-20(17,18)10-4-3-8(19-10)5-9(15)16/h3-4,14H,5H2,1-2H3,(H,12,13)(H,15,16). The fourth-order valence-electron chi connectivity index (χ4n) is 1.63. The second-order valence-corrected chi connectivity index (χ2v) is 7.28. The van der Waals surface area contributed by atoms with Crippen LogP contribution in [0.4, 0.5) is 5.69 Å². The van der Waals surface area contributed by atoms with Crippen LogP contribution in [0.3, 0.4) is 0 Å². The molecule has 0 saturated carbocycles.